The lowest BCUT2D eigenvalue weighted by Crippen LogP contribution is -2.09. The van der Waals surface area contributed by atoms with Gasteiger partial charge in [0.25, 0.3) is 0 Å². The second-order valence-electron chi connectivity index (χ2n) is 2.53. The largest absolute Gasteiger partial charge is 0.381 e. The third-order valence-corrected chi connectivity index (χ3v) is 1.57. The van der Waals surface area contributed by atoms with Crippen molar-refractivity contribution in [2.75, 3.05) is 14.1 Å². The maximum Gasteiger partial charge on any atom is 0.0951 e. The summed E-state index contributed by atoms with van der Waals surface area (Å²) in [6, 6.07) is 2.13. The van der Waals surface area contributed by atoms with Crippen molar-refractivity contribution in [3.8, 4) is 6.07 Å². The van der Waals surface area contributed by atoms with Gasteiger partial charge in [0.1, 0.15) is 0 Å². The van der Waals surface area contributed by atoms with Gasteiger partial charge in [-0.1, -0.05) is 0 Å². The highest BCUT2D eigenvalue weighted by Crippen LogP contribution is 2.18. The molecule has 1 aliphatic carbocycles. The molecule has 2 nitrogen and oxygen atoms in total. The number of allylic oxidation sites excluding steroid dienone is 3. The third kappa shape index (κ3) is 1.19. The van der Waals surface area contributed by atoms with E-state index in [0.29, 0.717) is 0 Å². The number of nitrogens with zero attached hydrogens (tertiary/aromatic N) is 2. The van der Waals surface area contributed by atoms with Gasteiger partial charge in [-0.05, 0) is 12.2 Å². The highest BCUT2D eigenvalue weighted by atomic mass is 15.1. The highest BCUT2D eigenvalue weighted by Gasteiger charge is 2.07. The van der Waals surface area contributed by atoms with E-state index >= 15 is 0 Å². The smallest absolute Gasteiger partial charge is 0.0951 e. The zero-order valence-electron chi connectivity index (χ0n) is 6.26. The van der Waals surface area contributed by atoms with Crippen molar-refractivity contribution in [2.45, 2.75) is 6.42 Å². The lowest BCUT2D eigenvalue weighted by Gasteiger charge is -2.12. The van der Waals surface area contributed by atoms with Gasteiger partial charge in [0, 0.05) is 31.8 Å². The van der Waals surface area contributed by atoms with Gasteiger partial charge in [0.2, 0.25) is 0 Å². The Labute approximate surface area is 61.1 Å². The summed E-state index contributed by atoms with van der Waals surface area (Å²) in [7, 11) is 3.97. The molecule has 0 saturated carbocycles. The topological polar surface area (TPSA) is 27.0 Å². The molecule has 0 bridgehead atoms. The zero-order chi connectivity index (χ0) is 7.56. The summed E-state index contributed by atoms with van der Waals surface area (Å²) in [4.78, 5) is 2.03. The summed E-state index contributed by atoms with van der Waals surface area (Å²) in [5, 5.41) is 8.50. The predicted molar refractivity (Wildman–Crippen MR) is 40.1 cm³/mol. The standard InChI is InChI=1S/C8H10N2/c1-10(2)8-4-3-7(5-8)6-9/h3-4H,5H2,1-2H3. The number of hydrogen-bond donors (Lipinski definition) is 0. The molecule has 0 radical (unpaired) electrons. The van der Waals surface area contributed by atoms with Gasteiger partial charge in [0.15, 0.2) is 0 Å². The van der Waals surface area contributed by atoms with E-state index in [1.54, 1.807) is 0 Å². The summed E-state index contributed by atoms with van der Waals surface area (Å²) < 4.78 is 0. The van der Waals surface area contributed by atoms with Crippen molar-refractivity contribution in [1.29, 1.82) is 5.26 Å². The van der Waals surface area contributed by atoms with Crippen LogP contribution in [0.25, 0.3) is 0 Å². The molecule has 0 N–H and O–H groups in total. The minimum Gasteiger partial charge on any atom is -0.381 e. The molecule has 0 aliphatic heterocycles. The van der Waals surface area contributed by atoms with Crippen LogP contribution in [0.2, 0.25) is 0 Å². The fourth-order valence-corrected chi connectivity index (χ4v) is 0.894. The molecule has 0 aromatic rings. The van der Waals surface area contributed by atoms with Gasteiger partial charge in [-0.15, -0.1) is 0 Å². The van der Waals surface area contributed by atoms with Crippen LogP contribution in [-0.2, 0) is 0 Å². The molecular formula is C8H10N2. The number of nitriles is 1. The van der Waals surface area contributed by atoms with E-state index in [9.17, 15) is 0 Å². The quantitative estimate of drug-likeness (QED) is 0.540. The molecule has 52 valence electrons. The highest BCUT2D eigenvalue weighted by molar-refractivity contribution is 5.37. The van der Waals surface area contributed by atoms with Crippen LogP contribution in [0.5, 0.6) is 0 Å². The van der Waals surface area contributed by atoms with Crippen molar-refractivity contribution in [1.82, 2.24) is 4.90 Å². The van der Waals surface area contributed by atoms with Crippen LogP contribution in [0.15, 0.2) is 23.4 Å². The molecule has 0 amide bonds. The number of hydrogen-bond acceptors (Lipinski definition) is 2. The summed E-state index contributed by atoms with van der Waals surface area (Å²) >= 11 is 0. The van der Waals surface area contributed by atoms with Gasteiger partial charge >= 0.3 is 0 Å². The summed E-state index contributed by atoms with van der Waals surface area (Å²) in [5.74, 6) is 0. The average Bonchev–Trinajstić information content (AvgIpc) is 2.34. The van der Waals surface area contributed by atoms with Crippen molar-refractivity contribution in [3.63, 3.8) is 0 Å². The van der Waals surface area contributed by atoms with Crippen LogP contribution in [0.3, 0.4) is 0 Å². The molecule has 0 saturated heterocycles. The molecule has 0 atom stereocenters. The van der Waals surface area contributed by atoms with Crippen molar-refractivity contribution < 1.29 is 0 Å². The third-order valence-electron chi connectivity index (χ3n) is 1.57. The van der Waals surface area contributed by atoms with Crippen LogP contribution < -0.4 is 0 Å². The van der Waals surface area contributed by atoms with E-state index in [4.69, 9.17) is 5.26 Å². The maximum atomic E-state index is 8.50. The predicted octanol–water partition coefficient (Wildman–Crippen LogP) is 1.29. The molecule has 10 heavy (non-hydrogen) atoms. The molecule has 0 aromatic carbocycles. The van der Waals surface area contributed by atoms with Crippen LogP contribution in [0, 0.1) is 11.3 Å². The van der Waals surface area contributed by atoms with Crippen LogP contribution in [-0.4, -0.2) is 19.0 Å². The molecule has 2 heteroatoms. The van der Waals surface area contributed by atoms with Crippen LogP contribution in [0.1, 0.15) is 6.42 Å². The average molecular weight is 134 g/mol. The molecule has 0 unspecified atom stereocenters. The molecule has 1 rings (SSSR count). The van der Waals surface area contributed by atoms with Gasteiger partial charge in [0.05, 0.1) is 6.07 Å². The second-order valence-corrected chi connectivity index (χ2v) is 2.53. The normalized spacial score (nSPS) is 15.7. The Morgan fingerprint density at radius 2 is 2.20 bits per heavy atom. The maximum absolute atomic E-state index is 8.50. The second kappa shape index (κ2) is 2.57. The molecule has 1 aliphatic rings. The van der Waals surface area contributed by atoms with E-state index in [1.165, 1.54) is 5.70 Å². The summed E-state index contributed by atoms with van der Waals surface area (Å²) in [5.41, 5.74) is 2.06. The SMILES string of the molecule is CN(C)C1=CC=C(C#N)C1. The minimum atomic E-state index is 0.795. The van der Waals surface area contributed by atoms with Crippen molar-refractivity contribution in [2.24, 2.45) is 0 Å². The number of rotatable bonds is 1. The fourth-order valence-electron chi connectivity index (χ4n) is 0.894. The molecule has 0 heterocycles. The summed E-state index contributed by atoms with van der Waals surface area (Å²) in [6.07, 6.45) is 4.65. The Morgan fingerprint density at radius 3 is 2.50 bits per heavy atom. The Morgan fingerprint density at radius 1 is 1.50 bits per heavy atom. The molecule has 0 aromatic heterocycles. The van der Waals surface area contributed by atoms with E-state index in [0.717, 1.165) is 12.0 Å². The van der Waals surface area contributed by atoms with Crippen molar-refractivity contribution in [3.05, 3.63) is 23.4 Å². The fraction of sp³-hybridized carbons (Fsp3) is 0.375. The Bertz CT molecular complexity index is 228. The van der Waals surface area contributed by atoms with Crippen LogP contribution >= 0.6 is 0 Å². The first-order chi connectivity index (χ1) is 4.74. The molecule has 0 spiro atoms. The minimum absolute atomic E-state index is 0.795. The molecule has 0 fully saturated rings. The van der Waals surface area contributed by atoms with Crippen molar-refractivity contribution >= 4 is 0 Å². The first-order valence-corrected chi connectivity index (χ1v) is 3.21. The molecular weight excluding hydrogens is 124 g/mol. The zero-order valence-corrected chi connectivity index (χ0v) is 6.26. The van der Waals surface area contributed by atoms with Gasteiger partial charge < -0.3 is 4.90 Å². The first-order valence-electron chi connectivity index (χ1n) is 3.21. The van der Waals surface area contributed by atoms with Gasteiger partial charge in [-0.2, -0.15) is 5.26 Å². The lowest BCUT2D eigenvalue weighted by molar-refractivity contribution is 0.503. The van der Waals surface area contributed by atoms with Gasteiger partial charge in [-0.25, -0.2) is 0 Å². The Hall–Kier alpha value is -1.23. The first kappa shape index (κ1) is 6.88. The van der Waals surface area contributed by atoms with Crippen LogP contribution in [0.4, 0.5) is 0 Å². The Kier molecular flexibility index (Phi) is 1.77. The van der Waals surface area contributed by atoms with E-state index in [2.05, 4.69) is 6.07 Å². The summed E-state index contributed by atoms with van der Waals surface area (Å²) in [6.45, 7) is 0. The lowest BCUT2D eigenvalue weighted by atomic mass is 10.2. The van der Waals surface area contributed by atoms with E-state index in [-0.39, 0.29) is 0 Å². The monoisotopic (exact) mass is 134 g/mol. The van der Waals surface area contributed by atoms with E-state index in [1.807, 2.05) is 31.1 Å². The Balaban J connectivity index is 2.58. The van der Waals surface area contributed by atoms with Gasteiger partial charge in [-0.3, -0.25) is 0 Å². The van der Waals surface area contributed by atoms with E-state index < -0.39 is 0 Å².